The highest BCUT2D eigenvalue weighted by Gasteiger charge is 2.37. The average Bonchev–Trinajstić information content (AvgIpc) is 2.39. The molecule has 0 aliphatic heterocycles. The Bertz CT molecular complexity index is 438. The van der Waals surface area contributed by atoms with Gasteiger partial charge in [0.15, 0.2) is 0 Å². The normalized spacial score (nSPS) is 20.9. The average molecular weight is 323 g/mol. The predicted molar refractivity (Wildman–Crippen MR) is 78.2 cm³/mol. The molecule has 112 valence electrons. The van der Waals surface area contributed by atoms with E-state index in [2.05, 4.69) is 5.43 Å². The van der Waals surface area contributed by atoms with E-state index in [-0.39, 0.29) is 24.8 Å². The third kappa shape index (κ3) is 3.82. The van der Waals surface area contributed by atoms with Crippen molar-refractivity contribution < 1.29 is 8.78 Å². The number of alkyl halides is 2. The zero-order valence-corrected chi connectivity index (χ0v) is 12.5. The van der Waals surface area contributed by atoms with Crippen molar-refractivity contribution in [1.82, 2.24) is 5.43 Å². The van der Waals surface area contributed by atoms with Gasteiger partial charge in [0, 0.05) is 28.9 Å². The minimum atomic E-state index is -2.53. The van der Waals surface area contributed by atoms with Gasteiger partial charge in [0.1, 0.15) is 0 Å². The Morgan fingerprint density at radius 1 is 1.25 bits per heavy atom. The first-order valence-electron chi connectivity index (χ1n) is 6.70. The number of halogens is 4. The van der Waals surface area contributed by atoms with Gasteiger partial charge in [0.2, 0.25) is 5.92 Å². The second-order valence-corrected chi connectivity index (χ2v) is 6.19. The summed E-state index contributed by atoms with van der Waals surface area (Å²) in [7, 11) is 0. The van der Waals surface area contributed by atoms with Crippen LogP contribution in [-0.2, 0) is 6.42 Å². The van der Waals surface area contributed by atoms with Gasteiger partial charge in [-0.05, 0) is 42.9 Å². The van der Waals surface area contributed by atoms with Crippen LogP contribution < -0.4 is 11.3 Å². The summed E-state index contributed by atoms with van der Waals surface area (Å²) in [6.45, 7) is 0. The predicted octanol–water partition coefficient (Wildman–Crippen LogP) is 4.19. The molecule has 1 saturated carbocycles. The molecule has 1 fully saturated rings. The second-order valence-electron chi connectivity index (χ2n) is 5.37. The van der Waals surface area contributed by atoms with E-state index < -0.39 is 5.92 Å². The van der Waals surface area contributed by atoms with Crippen molar-refractivity contribution in [3.05, 3.63) is 33.8 Å². The summed E-state index contributed by atoms with van der Waals surface area (Å²) in [6.07, 6.45) is 1.32. The third-order valence-electron chi connectivity index (χ3n) is 4.03. The molecule has 1 aromatic rings. The SMILES string of the molecule is NNC(Cc1c(Cl)cccc1Cl)C1CCC(F)(F)CC1. The van der Waals surface area contributed by atoms with Crippen molar-refractivity contribution in [2.75, 3.05) is 0 Å². The molecule has 3 N–H and O–H groups in total. The molecule has 1 unspecified atom stereocenters. The van der Waals surface area contributed by atoms with E-state index in [0.717, 1.165) is 5.56 Å². The molecule has 6 heteroatoms. The van der Waals surface area contributed by atoms with Crippen LogP contribution in [0.1, 0.15) is 31.2 Å². The Labute approximate surface area is 127 Å². The molecule has 0 amide bonds. The molecule has 0 radical (unpaired) electrons. The van der Waals surface area contributed by atoms with Crippen LogP contribution >= 0.6 is 23.2 Å². The van der Waals surface area contributed by atoms with Crippen molar-refractivity contribution in [3.63, 3.8) is 0 Å². The highest BCUT2D eigenvalue weighted by atomic mass is 35.5. The Morgan fingerprint density at radius 3 is 2.30 bits per heavy atom. The number of nitrogens with two attached hydrogens (primary N) is 1. The maximum Gasteiger partial charge on any atom is 0.248 e. The summed E-state index contributed by atoms with van der Waals surface area (Å²) in [4.78, 5) is 0. The molecule has 1 aliphatic rings. The van der Waals surface area contributed by atoms with Crippen LogP contribution in [0, 0.1) is 5.92 Å². The Morgan fingerprint density at radius 2 is 1.80 bits per heavy atom. The lowest BCUT2D eigenvalue weighted by Crippen LogP contribution is -2.45. The van der Waals surface area contributed by atoms with Gasteiger partial charge in [-0.2, -0.15) is 0 Å². The molecule has 0 spiro atoms. The Hall–Kier alpha value is -0.420. The first-order valence-corrected chi connectivity index (χ1v) is 7.45. The molecule has 0 saturated heterocycles. The van der Waals surface area contributed by atoms with E-state index in [1.807, 2.05) is 0 Å². The molecule has 2 rings (SSSR count). The quantitative estimate of drug-likeness (QED) is 0.644. The summed E-state index contributed by atoms with van der Waals surface area (Å²) >= 11 is 12.3. The highest BCUT2D eigenvalue weighted by molar-refractivity contribution is 6.36. The fourth-order valence-electron chi connectivity index (χ4n) is 2.77. The molecule has 2 nitrogen and oxygen atoms in total. The number of hydrazine groups is 1. The maximum atomic E-state index is 13.2. The molecule has 1 atom stereocenters. The van der Waals surface area contributed by atoms with E-state index in [0.29, 0.717) is 29.3 Å². The number of nitrogens with one attached hydrogen (secondary N) is 1. The van der Waals surface area contributed by atoms with Crippen molar-refractivity contribution >= 4 is 23.2 Å². The molecule has 0 heterocycles. The zero-order valence-electron chi connectivity index (χ0n) is 11.0. The van der Waals surface area contributed by atoms with Crippen molar-refractivity contribution in [2.45, 2.75) is 44.1 Å². The smallest absolute Gasteiger partial charge is 0.248 e. The van der Waals surface area contributed by atoms with Crippen LogP contribution in [0.3, 0.4) is 0 Å². The monoisotopic (exact) mass is 322 g/mol. The zero-order chi connectivity index (χ0) is 14.8. The van der Waals surface area contributed by atoms with Crippen LogP contribution in [0.5, 0.6) is 0 Å². The van der Waals surface area contributed by atoms with Crippen LogP contribution in [-0.4, -0.2) is 12.0 Å². The molecular formula is C14H18Cl2F2N2. The van der Waals surface area contributed by atoms with Gasteiger partial charge in [-0.25, -0.2) is 8.78 Å². The first-order chi connectivity index (χ1) is 9.43. The van der Waals surface area contributed by atoms with Gasteiger partial charge >= 0.3 is 0 Å². The van der Waals surface area contributed by atoms with Gasteiger partial charge in [0.25, 0.3) is 0 Å². The summed E-state index contributed by atoms with van der Waals surface area (Å²) < 4.78 is 26.4. The Balaban J connectivity index is 2.06. The molecule has 0 aromatic heterocycles. The van der Waals surface area contributed by atoms with E-state index in [9.17, 15) is 8.78 Å². The lowest BCUT2D eigenvalue weighted by atomic mass is 9.80. The lowest BCUT2D eigenvalue weighted by molar-refractivity contribution is -0.0495. The molecule has 20 heavy (non-hydrogen) atoms. The molecule has 1 aliphatic carbocycles. The van der Waals surface area contributed by atoms with Gasteiger partial charge in [-0.3, -0.25) is 11.3 Å². The third-order valence-corrected chi connectivity index (χ3v) is 4.74. The molecule has 1 aromatic carbocycles. The Kier molecular flexibility index (Phi) is 5.24. The van der Waals surface area contributed by atoms with Crippen molar-refractivity contribution in [2.24, 2.45) is 11.8 Å². The molecule has 0 bridgehead atoms. The summed E-state index contributed by atoms with van der Waals surface area (Å²) in [5.74, 6) is 3.18. The summed E-state index contributed by atoms with van der Waals surface area (Å²) in [5, 5.41) is 1.16. The standard InChI is InChI=1S/C14H18Cl2F2N2/c15-11-2-1-3-12(16)10(11)8-13(20-19)9-4-6-14(17,18)7-5-9/h1-3,9,13,20H,4-8,19H2. The van der Waals surface area contributed by atoms with Gasteiger partial charge in [-0.15, -0.1) is 0 Å². The maximum absolute atomic E-state index is 13.2. The van der Waals surface area contributed by atoms with E-state index in [1.54, 1.807) is 18.2 Å². The van der Waals surface area contributed by atoms with Gasteiger partial charge in [-0.1, -0.05) is 29.3 Å². The van der Waals surface area contributed by atoms with E-state index in [1.165, 1.54) is 0 Å². The molecular weight excluding hydrogens is 305 g/mol. The minimum Gasteiger partial charge on any atom is -0.271 e. The van der Waals surface area contributed by atoms with Crippen LogP contribution in [0.4, 0.5) is 8.78 Å². The van der Waals surface area contributed by atoms with Crippen LogP contribution in [0.25, 0.3) is 0 Å². The van der Waals surface area contributed by atoms with Crippen LogP contribution in [0.2, 0.25) is 10.0 Å². The lowest BCUT2D eigenvalue weighted by Gasteiger charge is -2.33. The number of benzene rings is 1. The number of hydrogen-bond donors (Lipinski definition) is 2. The van der Waals surface area contributed by atoms with E-state index in [4.69, 9.17) is 29.0 Å². The largest absolute Gasteiger partial charge is 0.271 e. The fourth-order valence-corrected chi connectivity index (χ4v) is 3.33. The first kappa shape index (κ1) is 16.0. The van der Waals surface area contributed by atoms with Crippen molar-refractivity contribution in [1.29, 1.82) is 0 Å². The van der Waals surface area contributed by atoms with Crippen molar-refractivity contribution in [3.8, 4) is 0 Å². The topological polar surface area (TPSA) is 38.0 Å². The van der Waals surface area contributed by atoms with Gasteiger partial charge in [0.05, 0.1) is 0 Å². The fraction of sp³-hybridized carbons (Fsp3) is 0.571. The van der Waals surface area contributed by atoms with Gasteiger partial charge < -0.3 is 0 Å². The highest BCUT2D eigenvalue weighted by Crippen LogP contribution is 2.38. The summed E-state index contributed by atoms with van der Waals surface area (Å²) in [5.41, 5.74) is 3.56. The van der Waals surface area contributed by atoms with Crippen LogP contribution in [0.15, 0.2) is 18.2 Å². The minimum absolute atomic E-state index is 0.0773. The number of hydrogen-bond acceptors (Lipinski definition) is 2. The second kappa shape index (κ2) is 6.56. The number of rotatable bonds is 4. The summed E-state index contributed by atoms with van der Waals surface area (Å²) in [6, 6.07) is 5.22. The van der Waals surface area contributed by atoms with E-state index >= 15 is 0 Å².